The van der Waals surface area contributed by atoms with Crippen LogP contribution in [0.2, 0.25) is 0 Å². The molecule has 8 heteroatoms. The molecule has 3 rings (SSSR count). The number of carbonyl (C=O) groups is 2. The van der Waals surface area contributed by atoms with E-state index in [0.29, 0.717) is 23.6 Å². The summed E-state index contributed by atoms with van der Waals surface area (Å²) in [6.07, 6.45) is 0.756. The third-order valence-electron chi connectivity index (χ3n) is 4.78. The molecule has 2 atom stereocenters. The third kappa shape index (κ3) is 4.24. The summed E-state index contributed by atoms with van der Waals surface area (Å²) in [6, 6.07) is 4.96. The first-order chi connectivity index (χ1) is 12.6. The largest absolute Gasteiger partial charge is 0.493 e. The van der Waals surface area contributed by atoms with Crippen LogP contribution in [0.25, 0.3) is 0 Å². The maximum absolute atomic E-state index is 12.4. The Morgan fingerprint density at radius 3 is 2.81 bits per heavy atom. The van der Waals surface area contributed by atoms with Crippen LogP contribution in [0.4, 0.5) is 0 Å². The van der Waals surface area contributed by atoms with Gasteiger partial charge in [-0.2, -0.15) is 0 Å². The number of carbonyl (C=O) groups excluding carboxylic acids is 2. The minimum Gasteiger partial charge on any atom is -0.493 e. The number of hydrogen-bond donors (Lipinski definition) is 2. The highest BCUT2D eigenvalue weighted by molar-refractivity contribution is 7.99. The third-order valence-corrected chi connectivity index (χ3v) is 5.75. The maximum atomic E-state index is 12.4. The first-order valence-electron chi connectivity index (χ1n) is 8.72. The standard InChI is InChI=1S/C18H25N3O4S/c1-24-15-4-3-13(8-16(15)25-2)17(22)20-10-12-7-14(19-9-12)18(23)21-5-6-26-11-21/h3-4,8,12,14,19H,5-7,9-11H2,1-2H3,(H,20,22)/t12?,14-/m0/s1. The molecule has 0 bridgehead atoms. The quantitative estimate of drug-likeness (QED) is 0.766. The number of rotatable bonds is 6. The van der Waals surface area contributed by atoms with Crippen molar-refractivity contribution in [1.29, 1.82) is 0 Å². The molecule has 2 amide bonds. The van der Waals surface area contributed by atoms with Gasteiger partial charge < -0.3 is 25.0 Å². The Kier molecular flexibility index (Phi) is 6.26. The summed E-state index contributed by atoms with van der Waals surface area (Å²) >= 11 is 1.79. The van der Waals surface area contributed by atoms with Crippen molar-refractivity contribution < 1.29 is 19.1 Å². The molecular weight excluding hydrogens is 354 g/mol. The lowest BCUT2D eigenvalue weighted by Gasteiger charge is -2.19. The number of amides is 2. The van der Waals surface area contributed by atoms with Gasteiger partial charge in [-0.1, -0.05) is 0 Å². The second-order valence-corrected chi connectivity index (χ2v) is 7.56. The maximum Gasteiger partial charge on any atom is 0.251 e. The van der Waals surface area contributed by atoms with Crippen molar-refractivity contribution in [3.05, 3.63) is 23.8 Å². The number of hydrogen-bond acceptors (Lipinski definition) is 6. The zero-order chi connectivity index (χ0) is 18.5. The number of nitrogens with zero attached hydrogens (tertiary/aromatic N) is 1. The summed E-state index contributed by atoms with van der Waals surface area (Å²) in [6.45, 7) is 2.12. The number of nitrogens with one attached hydrogen (secondary N) is 2. The predicted octanol–water partition coefficient (Wildman–Crippen LogP) is 0.945. The fraction of sp³-hybridized carbons (Fsp3) is 0.556. The molecule has 1 aromatic carbocycles. The molecule has 0 aromatic heterocycles. The van der Waals surface area contributed by atoms with Gasteiger partial charge in [0.05, 0.1) is 26.1 Å². The Hall–Kier alpha value is -1.93. The van der Waals surface area contributed by atoms with Gasteiger partial charge in [-0.25, -0.2) is 0 Å². The molecule has 0 aliphatic carbocycles. The Morgan fingerprint density at radius 1 is 1.31 bits per heavy atom. The van der Waals surface area contributed by atoms with E-state index in [2.05, 4.69) is 10.6 Å². The van der Waals surface area contributed by atoms with E-state index in [0.717, 1.165) is 31.1 Å². The SMILES string of the molecule is COc1ccc(C(=O)NCC2CN[C@H](C(=O)N3CCSC3)C2)cc1OC. The van der Waals surface area contributed by atoms with Gasteiger partial charge in [0.2, 0.25) is 5.91 Å². The lowest BCUT2D eigenvalue weighted by atomic mass is 10.0. The van der Waals surface area contributed by atoms with Crippen LogP contribution in [0.3, 0.4) is 0 Å². The van der Waals surface area contributed by atoms with E-state index >= 15 is 0 Å². The lowest BCUT2D eigenvalue weighted by Crippen LogP contribution is -2.42. The van der Waals surface area contributed by atoms with Gasteiger partial charge in [0, 0.05) is 31.0 Å². The van der Waals surface area contributed by atoms with Gasteiger partial charge in [0.25, 0.3) is 5.91 Å². The number of thioether (sulfide) groups is 1. The zero-order valence-corrected chi connectivity index (χ0v) is 15.9. The molecule has 26 heavy (non-hydrogen) atoms. The minimum absolute atomic E-state index is 0.128. The zero-order valence-electron chi connectivity index (χ0n) is 15.1. The van der Waals surface area contributed by atoms with Crippen molar-refractivity contribution >= 4 is 23.6 Å². The average molecular weight is 379 g/mol. The number of benzene rings is 1. The summed E-state index contributed by atoms with van der Waals surface area (Å²) in [5, 5.41) is 6.25. The van der Waals surface area contributed by atoms with Crippen LogP contribution in [-0.2, 0) is 4.79 Å². The van der Waals surface area contributed by atoms with Gasteiger partial charge in [-0.3, -0.25) is 9.59 Å². The van der Waals surface area contributed by atoms with Gasteiger partial charge in [-0.15, -0.1) is 11.8 Å². The molecule has 0 radical (unpaired) electrons. The number of ether oxygens (including phenoxy) is 2. The predicted molar refractivity (Wildman–Crippen MR) is 101 cm³/mol. The van der Waals surface area contributed by atoms with Crippen molar-refractivity contribution in [1.82, 2.24) is 15.5 Å². The Bertz CT molecular complexity index is 664. The molecule has 2 fully saturated rings. The fourth-order valence-electron chi connectivity index (χ4n) is 3.28. The summed E-state index contributed by atoms with van der Waals surface area (Å²) < 4.78 is 10.4. The lowest BCUT2D eigenvalue weighted by molar-refractivity contribution is -0.131. The molecular formula is C18H25N3O4S. The van der Waals surface area contributed by atoms with E-state index < -0.39 is 0 Å². The van der Waals surface area contributed by atoms with E-state index in [4.69, 9.17) is 9.47 Å². The second kappa shape index (κ2) is 8.64. The molecule has 2 aliphatic rings. The van der Waals surface area contributed by atoms with Gasteiger partial charge in [-0.05, 0) is 30.5 Å². The fourth-order valence-corrected chi connectivity index (χ4v) is 4.23. The summed E-state index contributed by atoms with van der Waals surface area (Å²) in [7, 11) is 3.10. The molecule has 1 unspecified atom stereocenters. The van der Waals surface area contributed by atoms with Crippen molar-refractivity contribution in [2.75, 3.05) is 45.5 Å². The molecule has 1 aromatic rings. The van der Waals surface area contributed by atoms with E-state index in [1.807, 2.05) is 4.90 Å². The summed E-state index contributed by atoms with van der Waals surface area (Å²) in [5.41, 5.74) is 0.523. The van der Waals surface area contributed by atoms with E-state index in [-0.39, 0.29) is 23.8 Å². The number of methoxy groups -OCH3 is 2. The first kappa shape index (κ1) is 18.8. The average Bonchev–Trinajstić information content (AvgIpc) is 3.36. The highest BCUT2D eigenvalue weighted by atomic mass is 32.2. The highest BCUT2D eigenvalue weighted by Gasteiger charge is 2.33. The normalized spacial score (nSPS) is 22.3. The molecule has 2 aliphatic heterocycles. The van der Waals surface area contributed by atoms with E-state index in [1.54, 1.807) is 44.2 Å². The van der Waals surface area contributed by atoms with Crippen LogP contribution >= 0.6 is 11.8 Å². The van der Waals surface area contributed by atoms with Crippen molar-refractivity contribution in [3.63, 3.8) is 0 Å². The molecule has 2 N–H and O–H groups in total. The van der Waals surface area contributed by atoms with Gasteiger partial charge >= 0.3 is 0 Å². The van der Waals surface area contributed by atoms with Crippen molar-refractivity contribution in [2.24, 2.45) is 5.92 Å². The minimum atomic E-state index is -0.156. The van der Waals surface area contributed by atoms with Crippen LogP contribution in [0.15, 0.2) is 18.2 Å². The highest BCUT2D eigenvalue weighted by Crippen LogP contribution is 2.27. The van der Waals surface area contributed by atoms with Gasteiger partial charge in [0.15, 0.2) is 11.5 Å². The summed E-state index contributed by atoms with van der Waals surface area (Å²) in [4.78, 5) is 26.7. The van der Waals surface area contributed by atoms with Crippen LogP contribution in [0.5, 0.6) is 11.5 Å². The molecule has 142 valence electrons. The molecule has 2 heterocycles. The molecule has 0 saturated carbocycles. The first-order valence-corrected chi connectivity index (χ1v) is 9.88. The Balaban J connectivity index is 1.50. The van der Waals surface area contributed by atoms with E-state index in [1.165, 1.54) is 0 Å². The smallest absolute Gasteiger partial charge is 0.251 e. The second-order valence-electron chi connectivity index (χ2n) is 6.48. The van der Waals surface area contributed by atoms with Crippen LogP contribution in [-0.4, -0.2) is 68.2 Å². The molecule has 0 spiro atoms. The topological polar surface area (TPSA) is 79.9 Å². The molecule has 2 saturated heterocycles. The monoisotopic (exact) mass is 379 g/mol. The molecule has 7 nitrogen and oxygen atoms in total. The Morgan fingerprint density at radius 2 is 2.12 bits per heavy atom. The van der Waals surface area contributed by atoms with Crippen LogP contribution in [0, 0.1) is 5.92 Å². The van der Waals surface area contributed by atoms with Gasteiger partial charge in [0.1, 0.15) is 0 Å². The van der Waals surface area contributed by atoms with E-state index in [9.17, 15) is 9.59 Å². The van der Waals surface area contributed by atoms with Crippen LogP contribution < -0.4 is 20.1 Å². The van der Waals surface area contributed by atoms with Crippen LogP contribution in [0.1, 0.15) is 16.8 Å². The van der Waals surface area contributed by atoms with Crippen molar-refractivity contribution in [3.8, 4) is 11.5 Å². The Labute approximate surface area is 157 Å². The summed E-state index contributed by atoms with van der Waals surface area (Å²) in [5.74, 6) is 3.20. The van der Waals surface area contributed by atoms with Crippen molar-refractivity contribution in [2.45, 2.75) is 12.5 Å².